The number of phenolic OH excluding ortho intramolecular Hbond substituents is 1. The first-order valence-electron chi connectivity index (χ1n) is 8.15. The number of nitrogens with zero attached hydrogens (tertiary/aromatic N) is 2. The molecule has 1 amide bonds. The quantitative estimate of drug-likeness (QED) is 0.821. The van der Waals surface area contributed by atoms with E-state index in [-0.39, 0.29) is 40.5 Å². The van der Waals surface area contributed by atoms with Crippen LogP contribution in [0.5, 0.6) is 5.75 Å². The summed E-state index contributed by atoms with van der Waals surface area (Å²) in [6, 6.07) is 11.9. The maximum Gasteiger partial charge on any atom is 0.259 e. The van der Waals surface area contributed by atoms with Crippen LogP contribution >= 0.6 is 0 Å². The molecule has 0 radical (unpaired) electrons. The Kier molecular flexibility index (Phi) is 5.41. The van der Waals surface area contributed by atoms with Gasteiger partial charge in [0, 0.05) is 13.1 Å². The second-order valence-corrected chi connectivity index (χ2v) is 7.74. The van der Waals surface area contributed by atoms with Crippen molar-refractivity contribution in [3.05, 3.63) is 53.6 Å². The SMILES string of the molecule is N#Cc1ccccc1NC(=O)c1cc(S(=O)(=O)N2CCOCC2)ccc1O. The first kappa shape index (κ1) is 18.8. The number of amides is 1. The van der Waals surface area contributed by atoms with Gasteiger partial charge in [0.05, 0.1) is 34.9 Å². The molecule has 1 aliphatic heterocycles. The van der Waals surface area contributed by atoms with Gasteiger partial charge in [0.1, 0.15) is 11.8 Å². The topological polar surface area (TPSA) is 120 Å². The van der Waals surface area contributed by atoms with Crippen molar-refractivity contribution in [1.82, 2.24) is 4.31 Å². The lowest BCUT2D eigenvalue weighted by Gasteiger charge is -2.26. The van der Waals surface area contributed by atoms with Gasteiger partial charge in [0.25, 0.3) is 5.91 Å². The standard InChI is InChI=1S/C18H17N3O5S/c19-12-13-3-1-2-4-16(13)20-18(23)15-11-14(5-6-17(15)22)27(24,25)21-7-9-26-10-8-21/h1-6,11,22H,7-10H2,(H,20,23). The van der Waals surface area contributed by atoms with Gasteiger partial charge in [0.2, 0.25) is 10.0 Å². The first-order valence-corrected chi connectivity index (χ1v) is 9.59. The molecule has 1 heterocycles. The fourth-order valence-electron chi connectivity index (χ4n) is 2.67. The van der Waals surface area contributed by atoms with Crippen molar-refractivity contribution in [3.63, 3.8) is 0 Å². The highest BCUT2D eigenvalue weighted by molar-refractivity contribution is 7.89. The number of phenols is 1. The lowest BCUT2D eigenvalue weighted by atomic mass is 10.1. The number of carbonyl (C=O) groups excluding carboxylic acids is 1. The van der Waals surface area contributed by atoms with E-state index in [0.717, 1.165) is 6.07 Å². The molecule has 2 aromatic carbocycles. The Labute approximate surface area is 156 Å². The van der Waals surface area contributed by atoms with Gasteiger partial charge in [-0.15, -0.1) is 0 Å². The lowest BCUT2D eigenvalue weighted by molar-refractivity contribution is 0.0730. The van der Waals surface area contributed by atoms with Crippen molar-refractivity contribution < 1.29 is 23.1 Å². The molecule has 2 aromatic rings. The number of rotatable bonds is 4. The third kappa shape index (κ3) is 3.93. The largest absolute Gasteiger partial charge is 0.507 e. The van der Waals surface area contributed by atoms with Crippen molar-refractivity contribution >= 4 is 21.6 Å². The highest BCUT2D eigenvalue weighted by Crippen LogP contribution is 2.25. The number of aromatic hydroxyl groups is 1. The maximum atomic E-state index is 12.7. The highest BCUT2D eigenvalue weighted by Gasteiger charge is 2.28. The Morgan fingerprint density at radius 3 is 2.59 bits per heavy atom. The summed E-state index contributed by atoms with van der Waals surface area (Å²) in [4.78, 5) is 12.5. The molecule has 8 nitrogen and oxygen atoms in total. The first-order chi connectivity index (χ1) is 12.9. The van der Waals surface area contributed by atoms with Crippen LogP contribution in [0.4, 0.5) is 5.69 Å². The molecule has 0 aliphatic carbocycles. The summed E-state index contributed by atoms with van der Waals surface area (Å²) in [5.74, 6) is -1.07. The van der Waals surface area contributed by atoms with Gasteiger partial charge in [-0.05, 0) is 30.3 Å². The summed E-state index contributed by atoms with van der Waals surface area (Å²) in [5, 5.41) is 21.7. The van der Waals surface area contributed by atoms with Gasteiger partial charge in [-0.1, -0.05) is 12.1 Å². The Balaban J connectivity index is 1.91. The van der Waals surface area contributed by atoms with Crippen LogP contribution in [0.1, 0.15) is 15.9 Å². The Morgan fingerprint density at radius 2 is 1.89 bits per heavy atom. The molecular weight excluding hydrogens is 370 g/mol. The number of para-hydroxylation sites is 1. The average Bonchev–Trinajstić information content (AvgIpc) is 2.69. The minimum absolute atomic E-state index is 0.0964. The summed E-state index contributed by atoms with van der Waals surface area (Å²) in [6.45, 7) is 1.05. The van der Waals surface area contributed by atoms with Gasteiger partial charge in [-0.25, -0.2) is 8.42 Å². The van der Waals surface area contributed by atoms with Crippen LogP contribution in [0.15, 0.2) is 47.4 Å². The van der Waals surface area contributed by atoms with Crippen molar-refractivity contribution in [2.45, 2.75) is 4.90 Å². The Bertz CT molecular complexity index is 1010. The van der Waals surface area contributed by atoms with Crippen LogP contribution in [0.3, 0.4) is 0 Å². The third-order valence-corrected chi connectivity index (χ3v) is 6.01. The molecule has 0 atom stereocenters. The van der Waals surface area contributed by atoms with E-state index in [1.807, 2.05) is 6.07 Å². The highest BCUT2D eigenvalue weighted by atomic mass is 32.2. The van der Waals surface area contributed by atoms with Crippen LogP contribution < -0.4 is 5.32 Å². The van der Waals surface area contributed by atoms with E-state index in [4.69, 9.17) is 10.00 Å². The molecule has 1 aliphatic rings. The average molecular weight is 387 g/mol. The van der Waals surface area contributed by atoms with Crippen LogP contribution in [0.2, 0.25) is 0 Å². The van der Waals surface area contributed by atoms with Crippen LogP contribution in [-0.4, -0.2) is 50.0 Å². The fraction of sp³-hybridized carbons (Fsp3) is 0.222. The van der Waals surface area contributed by atoms with E-state index >= 15 is 0 Å². The van der Waals surface area contributed by atoms with Gasteiger partial charge in [-0.2, -0.15) is 9.57 Å². The minimum Gasteiger partial charge on any atom is -0.507 e. The second kappa shape index (κ2) is 7.75. The lowest BCUT2D eigenvalue weighted by Crippen LogP contribution is -2.40. The normalized spacial score (nSPS) is 15.1. The molecule has 9 heteroatoms. The molecule has 0 bridgehead atoms. The zero-order valence-corrected chi connectivity index (χ0v) is 15.1. The van der Waals surface area contributed by atoms with E-state index in [2.05, 4.69) is 5.32 Å². The van der Waals surface area contributed by atoms with Crippen molar-refractivity contribution in [1.29, 1.82) is 5.26 Å². The number of carbonyl (C=O) groups is 1. The number of nitriles is 1. The number of hydrogen-bond donors (Lipinski definition) is 2. The summed E-state index contributed by atoms with van der Waals surface area (Å²) < 4.78 is 31.9. The molecule has 140 valence electrons. The number of nitrogens with one attached hydrogen (secondary N) is 1. The second-order valence-electron chi connectivity index (χ2n) is 5.81. The van der Waals surface area contributed by atoms with E-state index in [9.17, 15) is 18.3 Å². The number of benzene rings is 2. The molecule has 0 aromatic heterocycles. The molecule has 1 fully saturated rings. The molecule has 27 heavy (non-hydrogen) atoms. The van der Waals surface area contributed by atoms with E-state index in [1.54, 1.807) is 18.2 Å². The summed E-state index contributed by atoms with van der Waals surface area (Å²) in [6.07, 6.45) is 0. The Morgan fingerprint density at radius 1 is 1.19 bits per heavy atom. The molecular formula is C18H17N3O5S. The zero-order valence-electron chi connectivity index (χ0n) is 14.3. The zero-order chi connectivity index (χ0) is 19.4. The number of hydrogen-bond acceptors (Lipinski definition) is 6. The number of morpholine rings is 1. The number of anilines is 1. The summed E-state index contributed by atoms with van der Waals surface area (Å²) >= 11 is 0. The van der Waals surface area contributed by atoms with Crippen LogP contribution in [0.25, 0.3) is 0 Å². The molecule has 0 unspecified atom stereocenters. The molecule has 0 saturated carbocycles. The van der Waals surface area contributed by atoms with E-state index in [1.165, 1.54) is 22.5 Å². The third-order valence-electron chi connectivity index (χ3n) is 4.12. The van der Waals surface area contributed by atoms with Crippen LogP contribution in [-0.2, 0) is 14.8 Å². The summed E-state index contributed by atoms with van der Waals surface area (Å²) in [7, 11) is -3.81. The monoisotopic (exact) mass is 387 g/mol. The summed E-state index contributed by atoms with van der Waals surface area (Å²) in [5.41, 5.74) is 0.324. The maximum absolute atomic E-state index is 12.7. The predicted octanol–water partition coefficient (Wildman–Crippen LogP) is 1.54. The molecule has 0 spiro atoms. The number of ether oxygens (including phenoxy) is 1. The molecule has 3 rings (SSSR count). The van der Waals surface area contributed by atoms with Gasteiger partial charge >= 0.3 is 0 Å². The van der Waals surface area contributed by atoms with Gasteiger partial charge in [0.15, 0.2) is 0 Å². The van der Waals surface area contributed by atoms with Crippen molar-refractivity contribution in [3.8, 4) is 11.8 Å². The Hall–Kier alpha value is -2.93. The number of sulfonamides is 1. The smallest absolute Gasteiger partial charge is 0.259 e. The minimum atomic E-state index is -3.81. The van der Waals surface area contributed by atoms with Gasteiger partial charge in [-0.3, -0.25) is 4.79 Å². The van der Waals surface area contributed by atoms with Crippen molar-refractivity contribution in [2.75, 3.05) is 31.6 Å². The van der Waals surface area contributed by atoms with Crippen LogP contribution in [0, 0.1) is 11.3 Å². The van der Waals surface area contributed by atoms with Gasteiger partial charge < -0.3 is 15.2 Å². The molecule has 2 N–H and O–H groups in total. The van der Waals surface area contributed by atoms with Crippen molar-refractivity contribution in [2.24, 2.45) is 0 Å². The van der Waals surface area contributed by atoms with E-state index < -0.39 is 15.9 Å². The van der Waals surface area contributed by atoms with E-state index in [0.29, 0.717) is 13.2 Å². The molecule has 1 saturated heterocycles. The predicted molar refractivity (Wildman–Crippen MR) is 96.8 cm³/mol. The fourth-order valence-corrected chi connectivity index (χ4v) is 4.11.